The van der Waals surface area contributed by atoms with Gasteiger partial charge in [-0.1, -0.05) is 33.6 Å². The van der Waals surface area contributed by atoms with E-state index in [9.17, 15) is 9.59 Å². The number of ether oxygens (including phenoxy) is 1. The van der Waals surface area contributed by atoms with Crippen LogP contribution >= 0.6 is 43.5 Å². The zero-order valence-corrected chi connectivity index (χ0v) is 16.2. The van der Waals surface area contributed by atoms with E-state index in [4.69, 9.17) is 16.3 Å². The summed E-state index contributed by atoms with van der Waals surface area (Å²) in [4.78, 5) is 23.8. The van der Waals surface area contributed by atoms with E-state index in [1.165, 1.54) is 13.0 Å². The van der Waals surface area contributed by atoms with Crippen molar-refractivity contribution in [3.63, 3.8) is 0 Å². The smallest absolute Gasteiger partial charge is 0.308 e. The van der Waals surface area contributed by atoms with Gasteiger partial charge in [0.2, 0.25) is 0 Å². The first kappa shape index (κ1) is 18.0. The third-order valence-electron chi connectivity index (χ3n) is 2.93. The molecule has 2 aromatic rings. The molecule has 0 bridgehead atoms. The van der Waals surface area contributed by atoms with Crippen molar-refractivity contribution in [1.82, 2.24) is 0 Å². The van der Waals surface area contributed by atoms with Crippen molar-refractivity contribution < 1.29 is 14.3 Å². The Hall–Kier alpha value is -1.37. The van der Waals surface area contributed by atoms with Crippen molar-refractivity contribution >= 4 is 61.0 Å². The lowest BCUT2D eigenvalue weighted by Crippen LogP contribution is -2.15. The summed E-state index contributed by atoms with van der Waals surface area (Å²) in [5.41, 5.74) is 1.82. The fourth-order valence-electron chi connectivity index (χ4n) is 1.85. The van der Waals surface area contributed by atoms with Gasteiger partial charge >= 0.3 is 5.97 Å². The maximum Gasteiger partial charge on any atom is 0.308 e. The summed E-state index contributed by atoms with van der Waals surface area (Å²) < 4.78 is 6.42. The zero-order valence-electron chi connectivity index (χ0n) is 12.2. The van der Waals surface area contributed by atoms with Gasteiger partial charge in [0, 0.05) is 22.1 Å². The minimum Gasteiger partial charge on any atom is -0.425 e. The average molecular weight is 462 g/mol. The number of hydrogen-bond donors (Lipinski definition) is 1. The highest BCUT2D eigenvalue weighted by molar-refractivity contribution is 9.10. The van der Waals surface area contributed by atoms with E-state index in [1.54, 1.807) is 18.2 Å². The molecule has 0 heterocycles. The molecular weight excluding hydrogens is 449 g/mol. The quantitative estimate of drug-likeness (QED) is 0.495. The van der Waals surface area contributed by atoms with Gasteiger partial charge in [-0.3, -0.25) is 9.59 Å². The Morgan fingerprint density at radius 1 is 1.13 bits per heavy atom. The summed E-state index contributed by atoms with van der Waals surface area (Å²) >= 11 is 12.7. The number of esters is 1. The van der Waals surface area contributed by atoms with E-state index in [1.807, 2.05) is 13.0 Å². The van der Waals surface area contributed by atoms with Gasteiger partial charge in [-0.25, -0.2) is 0 Å². The highest BCUT2D eigenvalue weighted by atomic mass is 79.9. The SMILES string of the molecule is CC(=O)Oc1c(Br)cc(Cl)cc1C(=O)Nc1ccc(C)c(Br)c1. The molecule has 1 amide bonds. The Kier molecular flexibility index (Phi) is 5.84. The third-order valence-corrected chi connectivity index (χ3v) is 4.59. The van der Waals surface area contributed by atoms with Gasteiger partial charge in [0.1, 0.15) is 0 Å². The first-order chi connectivity index (χ1) is 10.8. The lowest BCUT2D eigenvalue weighted by molar-refractivity contribution is -0.131. The van der Waals surface area contributed by atoms with Crippen molar-refractivity contribution in [2.24, 2.45) is 0 Å². The van der Waals surface area contributed by atoms with Gasteiger partial charge in [0.15, 0.2) is 5.75 Å². The number of halogens is 3. The number of carbonyl (C=O) groups is 2. The van der Waals surface area contributed by atoms with Crippen molar-refractivity contribution in [1.29, 1.82) is 0 Å². The Bertz CT molecular complexity index is 793. The van der Waals surface area contributed by atoms with Gasteiger partial charge in [0.05, 0.1) is 10.0 Å². The second-order valence-corrected chi connectivity index (χ2v) is 6.92. The Morgan fingerprint density at radius 3 is 2.43 bits per heavy atom. The van der Waals surface area contributed by atoms with Crippen LogP contribution in [0.5, 0.6) is 5.75 Å². The van der Waals surface area contributed by atoms with Crippen molar-refractivity contribution in [3.05, 3.63) is 55.4 Å². The summed E-state index contributed by atoms with van der Waals surface area (Å²) in [6, 6.07) is 8.45. The molecule has 0 fully saturated rings. The van der Waals surface area contributed by atoms with Gasteiger partial charge < -0.3 is 10.1 Å². The van der Waals surface area contributed by atoms with Gasteiger partial charge in [-0.05, 0) is 52.7 Å². The molecule has 0 saturated carbocycles. The summed E-state index contributed by atoms with van der Waals surface area (Å²) in [6.45, 7) is 3.21. The first-order valence-corrected chi connectivity index (χ1v) is 8.49. The van der Waals surface area contributed by atoms with Crippen molar-refractivity contribution in [2.75, 3.05) is 5.32 Å². The van der Waals surface area contributed by atoms with Crippen LogP contribution < -0.4 is 10.1 Å². The van der Waals surface area contributed by atoms with Crippen molar-refractivity contribution in [3.8, 4) is 5.75 Å². The fraction of sp³-hybridized carbons (Fsp3) is 0.125. The number of rotatable bonds is 3. The molecule has 0 saturated heterocycles. The molecule has 0 aliphatic heterocycles. The van der Waals surface area contributed by atoms with Crippen LogP contribution in [0.25, 0.3) is 0 Å². The monoisotopic (exact) mass is 459 g/mol. The molecule has 23 heavy (non-hydrogen) atoms. The van der Waals surface area contributed by atoms with Crippen LogP contribution in [0.1, 0.15) is 22.8 Å². The molecule has 7 heteroatoms. The van der Waals surface area contributed by atoms with E-state index >= 15 is 0 Å². The summed E-state index contributed by atoms with van der Waals surface area (Å²) in [6.07, 6.45) is 0. The van der Waals surface area contributed by atoms with Crippen molar-refractivity contribution in [2.45, 2.75) is 13.8 Å². The minimum atomic E-state index is -0.528. The van der Waals surface area contributed by atoms with Crippen LogP contribution in [0.3, 0.4) is 0 Å². The molecule has 2 aromatic carbocycles. The molecule has 0 unspecified atom stereocenters. The molecule has 120 valence electrons. The maximum atomic E-state index is 12.5. The number of nitrogens with one attached hydrogen (secondary N) is 1. The molecular formula is C16H12Br2ClNO3. The summed E-state index contributed by atoms with van der Waals surface area (Å²) in [7, 11) is 0. The number of hydrogen-bond acceptors (Lipinski definition) is 3. The lowest BCUT2D eigenvalue weighted by Gasteiger charge is -2.12. The van der Waals surface area contributed by atoms with Crippen LogP contribution in [0, 0.1) is 6.92 Å². The topological polar surface area (TPSA) is 55.4 Å². The van der Waals surface area contributed by atoms with E-state index in [-0.39, 0.29) is 11.3 Å². The molecule has 4 nitrogen and oxygen atoms in total. The second kappa shape index (κ2) is 7.47. The first-order valence-electron chi connectivity index (χ1n) is 6.53. The Labute approximate surface area is 155 Å². The molecule has 0 radical (unpaired) electrons. The highest BCUT2D eigenvalue weighted by Crippen LogP contribution is 2.33. The van der Waals surface area contributed by atoms with E-state index in [0.29, 0.717) is 15.2 Å². The van der Waals surface area contributed by atoms with Gasteiger partial charge in [-0.2, -0.15) is 0 Å². The number of benzene rings is 2. The fourth-order valence-corrected chi connectivity index (χ4v) is 3.12. The number of aryl methyl sites for hydroxylation is 1. The Morgan fingerprint density at radius 2 is 1.83 bits per heavy atom. The van der Waals surface area contributed by atoms with E-state index < -0.39 is 11.9 Å². The number of anilines is 1. The normalized spacial score (nSPS) is 10.3. The van der Waals surface area contributed by atoms with E-state index in [2.05, 4.69) is 37.2 Å². The Balaban J connectivity index is 2.37. The van der Waals surface area contributed by atoms with Crippen LogP contribution in [0.15, 0.2) is 39.3 Å². The summed E-state index contributed by atoms with van der Waals surface area (Å²) in [5, 5.41) is 3.10. The molecule has 0 spiro atoms. The van der Waals surface area contributed by atoms with Crippen LogP contribution in [-0.2, 0) is 4.79 Å². The highest BCUT2D eigenvalue weighted by Gasteiger charge is 2.19. The molecule has 0 aliphatic rings. The largest absolute Gasteiger partial charge is 0.425 e. The maximum absolute atomic E-state index is 12.5. The second-order valence-electron chi connectivity index (χ2n) is 4.78. The molecule has 1 N–H and O–H groups in total. The summed E-state index contributed by atoms with van der Waals surface area (Å²) in [5.74, 6) is -0.828. The molecule has 0 aliphatic carbocycles. The molecule has 0 aromatic heterocycles. The minimum absolute atomic E-state index is 0.130. The standard InChI is InChI=1S/C16H12Br2ClNO3/c1-8-3-4-11(7-13(8)17)20-16(22)12-5-10(19)6-14(18)15(12)23-9(2)21/h3-7H,1-2H3,(H,20,22). The lowest BCUT2D eigenvalue weighted by atomic mass is 10.1. The zero-order chi connectivity index (χ0) is 17.1. The van der Waals surface area contributed by atoms with E-state index in [0.717, 1.165) is 10.0 Å². The predicted molar refractivity (Wildman–Crippen MR) is 97.3 cm³/mol. The molecule has 2 rings (SSSR count). The molecule has 0 atom stereocenters. The number of amides is 1. The van der Waals surface area contributed by atoms with Gasteiger partial charge in [0.25, 0.3) is 5.91 Å². The van der Waals surface area contributed by atoms with Gasteiger partial charge in [-0.15, -0.1) is 0 Å². The van der Waals surface area contributed by atoms with Crippen LogP contribution in [-0.4, -0.2) is 11.9 Å². The average Bonchev–Trinajstić information content (AvgIpc) is 2.45. The van der Waals surface area contributed by atoms with Crippen LogP contribution in [0.2, 0.25) is 5.02 Å². The number of carbonyl (C=O) groups excluding carboxylic acids is 2. The predicted octanol–water partition coefficient (Wildman–Crippen LogP) is 5.35. The van der Waals surface area contributed by atoms with Crippen LogP contribution in [0.4, 0.5) is 5.69 Å². The third kappa shape index (κ3) is 4.56.